The number of nitrogens with zero attached hydrogens (tertiary/aromatic N) is 4. The zero-order valence-electron chi connectivity index (χ0n) is 17.2. The molecule has 2 heterocycles. The summed E-state index contributed by atoms with van der Waals surface area (Å²) in [5, 5.41) is 16.2. The van der Waals surface area contributed by atoms with Gasteiger partial charge in [-0.3, -0.25) is 4.79 Å². The molecule has 0 saturated heterocycles. The lowest BCUT2D eigenvalue weighted by Gasteiger charge is -2.14. The Morgan fingerprint density at radius 2 is 1.73 bits per heavy atom. The van der Waals surface area contributed by atoms with E-state index in [1.165, 1.54) is 0 Å². The van der Waals surface area contributed by atoms with Crippen molar-refractivity contribution < 1.29 is 27.5 Å². The molecule has 0 aliphatic rings. The van der Waals surface area contributed by atoms with E-state index in [9.17, 15) is 27.5 Å². The second-order valence-corrected chi connectivity index (χ2v) is 7.21. The van der Waals surface area contributed by atoms with Gasteiger partial charge in [0.25, 0.3) is 5.91 Å². The third kappa shape index (κ3) is 3.96. The molecule has 12 heteroatoms. The highest BCUT2D eigenvalue weighted by molar-refractivity contribution is 5.95. The number of nitrogens with two attached hydrogens (primary N) is 1. The minimum atomic E-state index is -2.03. The van der Waals surface area contributed by atoms with Gasteiger partial charge in [-0.25, -0.2) is 32.2 Å². The fraction of sp³-hybridized carbons (Fsp3) is 0.143. The van der Waals surface area contributed by atoms with E-state index in [4.69, 9.17) is 5.73 Å². The number of aryl methyl sites for hydroxylation is 2. The molecule has 0 bridgehead atoms. The number of amides is 1. The summed E-state index contributed by atoms with van der Waals surface area (Å²) >= 11 is 0. The molecule has 0 spiro atoms. The number of nitrogen functional groups attached to an aromatic ring is 1. The second kappa shape index (κ2) is 8.13. The number of benzene rings is 2. The Bertz CT molecular complexity index is 1400. The van der Waals surface area contributed by atoms with Crippen molar-refractivity contribution >= 4 is 28.4 Å². The van der Waals surface area contributed by atoms with Crippen LogP contribution in [0.1, 0.15) is 23.2 Å². The molecule has 0 aliphatic heterocycles. The first-order valence-corrected chi connectivity index (χ1v) is 9.49. The first kappa shape index (κ1) is 22.1. The average Bonchev–Trinajstić information content (AvgIpc) is 3.06. The summed E-state index contributed by atoms with van der Waals surface area (Å²) in [7, 11) is 0. The van der Waals surface area contributed by atoms with Crippen LogP contribution in [0.25, 0.3) is 16.7 Å². The number of anilines is 2. The smallest absolute Gasteiger partial charge is 0.257 e. The van der Waals surface area contributed by atoms with Gasteiger partial charge in [0.05, 0.1) is 11.4 Å². The molecular formula is C21H16F4N6O2. The lowest BCUT2D eigenvalue weighted by atomic mass is 10.1. The number of aliphatic hydroxyl groups is 1. The maximum Gasteiger partial charge on any atom is 0.257 e. The molecule has 0 radical (unpaired) electrons. The van der Waals surface area contributed by atoms with Gasteiger partial charge in [-0.2, -0.15) is 5.10 Å². The highest BCUT2D eigenvalue weighted by Crippen LogP contribution is 2.29. The Labute approximate surface area is 183 Å². The predicted molar refractivity (Wildman–Crippen MR) is 110 cm³/mol. The van der Waals surface area contributed by atoms with Gasteiger partial charge in [-0.05, 0) is 43.7 Å². The van der Waals surface area contributed by atoms with Gasteiger partial charge in [0.15, 0.2) is 23.6 Å². The molecular weight excluding hydrogens is 444 g/mol. The molecule has 170 valence electrons. The molecule has 4 rings (SSSR count). The molecule has 33 heavy (non-hydrogen) atoms. The van der Waals surface area contributed by atoms with Gasteiger partial charge < -0.3 is 16.2 Å². The van der Waals surface area contributed by atoms with Crippen molar-refractivity contribution in [2.45, 2.75) is 20.0 Å². The van der Waals surface area contributed by atoms with Gasteiger partial charge in [-0.1, -0.05) is 0 Å². The van der Waals surface area contributed by atoms with Crippen LogP contribution in [-0.2, 0) is 4.79 Å². The Hall–Kier alpha value is -4.06. The number of aliphatic hydroxyl groups excluding tert-OH is 1. The summed E-state index contributed by atoms with van der Waals surface area (Å²) in [5.41, 5.74) is 5.56. The minimum Gasteiger partial charge on any atom is -0.382 e. The molecule has 1 amide bonds. The van der Waals surface area contributed by atoms with Gasteiger partial charge in [0, 0.05) is 6.07 Å². The molecule has 4 aromatic rings. The SMILES string of the molecule is Cc1nc(N)c2c(n1)c(C)nn2-c1ccc(NC(=O)C(O)c2cc(F)cc(F)c2)c(F)c1F. The van der Waals surface area contributed by atoms with Crippen LogP contribution in [-0.4, -0.2) is 30.8 Å². The lowest BCUT2D eigenvalue weighted by molar-refractivity contribution is -0.124. The van der Waals surface area contributed by atoms with Crippen molar-refractivity contribution in [1.29, 1.82) is 0 Å². The van der Waals surface area contributed by atoms with Crippen LogP contribution in [0.5, 0.6) is 0 Å². The highest BCUT2D eigenvalue weighted by atomic mass is 19.2. The number of fused-ring (bicyclic) bond motifs is 1. The number of rotatable bonds is 4. The number of hydrogen-bond donors (Lipinski definition) is 3. The number of carbonyl (C=O) groups excluding carboxylic acids is 1. The van der Waals surface area contributed by atoms with E-state index in [1.54, 1.807) is 13.8 Å². The van der Waals surface area contributed by atoms with Crippen LogP contribution in [0.3, 0.4) is 0 Å². The third-order valence-electron chi connectivity index (χ3n) is 4.82. The van der Waals surface area contributed by atoms with E-state index in [2.05, 4.69) is 15.1 Å². The van der Waals surface area contributed by atoms with E-state index >= 15 is 0 Å². The van der Waals surface area contributed by atoms with Crippen molar-refractivity contribution in [1.82, 2.24) is 19.7 Å². The van der Waals surface area contributed by atoms with Gasteiger partial charge >= 0.3 is 0 Å². The third-order valence-corrected chi connectivity index (χ3v) is 4.82. The number of carbonyl (C=O) groups is 1. The molecule has 0 aliphatic carbocycles. The normalized spacial score (nSPS) is 12.2. The van der Waals surface area contributed by atoms with Gasteiger partial charge in [0.1, 0.15) is 34.2 Å². The molecule has 1 atom stereocenters. The summed E-state index contributed by atoms with van der Waals surface area (Å²) in [5.74, 6) is -5.68. The van der Waals surface area contributed by atoms with Crippen LogP contribution >= 0.6 is 0 Å². The van der Waals surface area contributed by atoms with Crippen molar-refractivity contribution in [3.8, 4) is 5.69 Å². The number of halogens is 4. The fourth-order valence-corrected chi connectivity index (χ4v) is 3.36. The second-order valence-electron chi connectivity index (χ2n) is 7.21. The quantitative estimate of drug-likeness (QED) is 0.403. The Morgan fingerprint density at radius 1 is 1.06 bits per heavy atom. The van der Waals surface area contributed by atoms with Crippen LogP contribution in [0.15, 0.2) is 30.3 Å². The molecule has 1 unspecified atom stereocenters. The summed E-state index contributed by atoms with van der Waals surface area (Å²) in [6.45, 7) is 3.24. The van der Waals surface area contributed by atoms with Crippen molar-refractivity contribution in [3.63, 3.8) is 0 Å². The summed E-state index contributed by atoms with van der Waals surface area (Å²) < 4.78 is 57.5. The van der Waals surface area contributed by atoms with E-state index in [-0.39, 0.29) is 17.0 Å². The monoisotopic (exact) mass is 460 g/mol. The first-order chi connectivity index (χ1) is 15.6. The van der Waals surface area contributed by atoms with Crippen molar-refractivity contribution in [2.75, 3.05) is 11.1 Å². The summed E-state index contributed by atoms with van der Waals surface area (Å²) in [6.07, 6.45) is -2.03. The molecule has 0 saturated carbocycles. The molecule has 2 aromatic carbocycles. The first-order valence-electron chi connectivity index (χ1n) is 9.49. The van der Waals surface area contributed by atoms with Gasteiger partial charge in [-0.15, -0.1) is 0 Å². The van der Waals surface area contributed by atoms with E-state index in [1.807, 2.05) is 5.32 Å². The largest absolute Gasteiger partial charge is 0.382 e. The highest BCUT2D eigenvalue weighted by Gasteiger charge is 2.24. The maximum absolute atomic E-state index is 14.9. The topological polar surface area (TPSA) is 119 Å². The van der Waals surface area contributed by atoms with E-state index in [0.29, 0.717) is 23.1 Å². The minimum absolute atomic E-state index is 0.0146. The standard InChI is InChI=1S/C21H16F4N6O2/c1-8-17-18(20(26)28-9(2)27-17)31(30-8)14-4-3-13(15(24)16(14)25)29-21(33)19(32)10-5-11(22)7-12(23)6-10/h3-7,19,32H,1-2H3,(H,29,33)(H2,26,27,28). The van der Waals surface area contributed by atoms with Crippen LogP contribution in [0.2, 0.25) is 0 Å². The molecule has 4 N–H and O–H groups in total. The Balaban J connectivity index is 1.69. The lowest BCUT2D eigenvalue weighted by Crippen LogP contribution is -2.22. The Kier molecular flexibility index (Phi) is 5.46. The summed E-state index contributed by atoms with van der Waals surface area (Å²) in [4.78, 5) is 20.5. The number of hydrogen-bond acceptors (Lipinski definition) is 6. The zero-order valence-corrected chi connectivity index (χ0v) is 17.2. The summed E-state index contributed by atoms with van der Waals surface area (Å²) in [6, 6.07) is 4.22. The maximum atomic E-state index is 14.9. The predicted octanol–water partition coefficient (Wildman–Crippen LogP) is 3.24. The Morgan fingerprint density at radius 3 is 2.39 bits per heavy atom. The van der Waals surface area contributed by atoms with Crippen LogP contribution in [0.4, 0.5) is 29.1 Å². The van der Waals surface area contributed by atoms with Crippen molar-refractivity contribution in [3.05, 3.63) is 70.7 Å². The van der Waals surface area contributed by atoms with Crippen molar-refractivity contribution in [2.24, 2.45) is 0 Å². The van der Waals surface area contributed by atoms with Crippen LogP contribution in [0, 0.1) is 37.1 Å². The molecule has 0 fully saturated rings. The van der Waals surface area contributed by atoms with Crippen LogP contribution < -0.4 is 11.1 Å². The zero-order chi connectivity index (χ0) is 24.0. The van der Waals surface area contributed by atoms with Gasteiger partial charge in [0.2, 0.25) is 0 Å². The molecule has 2 aromatic heterocycles. The van der Waals surface area contributed by atoms with E-state index < -0.39 is 46.5 Å². The van der Waals surface area contributed by atoms with E-state index in [0.717, 1.165) is 28.9 Å². The average molecular weight is 460 g/mol. The fourth-order valence-electron chi connectivity index (χ4n) is 3.36. The molecule has 8 nitrogen and oxygen atoms in total. The number of nitrogens with one attached hydrogen (secondary N) is 1. The number of aromatic nitrogens is 4.